The van der Waals surface area contributed by atoms with E-state index in [1.165, 1.54) is 5.56 Å². The topological polar surface area (TPSA) is 58.2 Å². The van der Waals surface area contributed by atoms with Crippen LogP contribution in [0, 0.1) is 0 Å². The number of carbonyl (C=O) groups excluding carboxylic acids is 2. The lowest BCUT2D eigenvalue weighted by molar-refractivity contribution is -0.116. The molecule has 0 aromatic heterocycles. The fourth-order valence-corrected chi connectivity index (χ4v) is 4.59. The molecule has 0 fully saturated rings. The van der Waals surface area contributed by atoms with E-state index in [2.05, 4.69) is 41.8 Å². The van der Waals surface area contributed by atoms with Crippen LogP contribution < -0.4 is 10.6 Å². The predicted molar refractivity (Wildman–Crippen MR) is 128 cm³/mol. The highest BCUT2D eigenvalue weighted by atomic mass is 16.1. The first-order valence-corrected chi connectivity index (χ1v) is 11.3. The van der Waals surface area contributed by atoms with Crippen LogP contribution in [0.15, 0.2) is 84.1 Å². The minimum atomic E-state index is -0.215. The molecule has 4 nitrogen and oxygen atoms in total. The first kappa shape index (κ1) is 20.3. The number of fused-ring (bicyclic) bond motifs is 1. The van der Waals surface area contributed by atoms with Crippen LogP contribution in [-0.4, -0.2) is 11.6 Å². The number of anilines is 2. The fraction of sp³-hybridized carbons (Fsp3) is 0.214. The summed E-state index contributed by atoms with van der Waals surface area (Å²) in [6.45, 7) is 2.14. The van der Waals surface area contributed by atoms with E-state index in [1.807, 2.05) is 48.5 Å². The Morgan fingerprint density at radius 2 is 1.69 bits per heavy atom. The molecular weight excluding hydrogens is 396 g/mol. The molecule has 5 rings (SSSR count). The summed E-state index contributed by atoms with van der Waals surface area (Å²) in [6, 6.07) is 23.3. The van der Waals surface area contributed by atoms with Crippen molar-refractivity contribution in [3.8, 4) is 0 Å². The number of ketones is 2. The molecule has 160 valence electrons. The SMILES string of the molecule is CCc1ccc([C@H]2Nc3ccc(C(=O)c4ccccc4)cc3NC3=C2C(=O)CCC3)cc1. The van der Waals surface area contributed by atoms with Crippen LogP contribution >= 0.6 is 0 Å². The first-order chi connectivity index (χ1) is 15.6. The fourth-order valence-electron chi connectivity index (χ4n) is 4.59. The molecule has 0 radical (unpaired) electrons. The van der Waals surface area contributed by atoms with Crippen molar-refractivity contribution < 1.29 is 9.59 Å². The second-order valence-corrected chi connectivity index (χ2v) is 8.42. The van der Waals surface area contributed by atoms with Gasteiger partial charge >= 0.3 is 0 Å². The van der Waals surface area contributed by atoms with E-state index in [0.29, 0.717) is 17.5 Å². The number of aryl methyl sites for hydroxylation is 1. The number of hydrogen-bond acceptors (Lipinski definition) is 4. The van der Waals surface area contributed by atoms with Crippen molar-refractivity contribution in [2.75, 3.05) is 10.6 Å². The quantitative estimate of drug-likeness (QED) is 0.501. The van der Waals surface area contributed by atoms with Crippen LogP contribution in [0.4, 0.5) is 11.4 Å². The van der Waals surface area contributed by atoms with Gasteiger partial charge in [-0.05, 0) is 48.6 Å². The number of allylic oxidation sites excluding steroid dienone is 1. The van der Waals surface area contributed by atoms with E-state index in [0.717, 1.165) is 47.5 Å². The average Bonchev–Trinajstić information content (AvgIpc) is 3.01. The molecule has 4 heteroatoms. The molecule has 3 aromatic rings. The van der Waals surface area contributed by atoms with Gasteiger partial charge in [0.2, 0.25) is 0 Å². The Kier molecular flexibility index (Phi) is 5.36. The van der Waals surface area contributed by atoms with Gasteiger partial charge in [0, 0.05) is 28.8 Å². The number of benzene rings is 3. The van der Waals surface area contributed by atoms with Gasteiger partial charge in [0.05, 0.1) is 17.4 Å². The van der Waals surface area contributed by atoms with Crippen LogP contribution in [0.5, 0.6) is 0 Å². The third-order valence-corrected chi connectivity index (χ3v) is 6.37. The summed E-state index contributed by atoms with van der Waals surface area (Å²) in [7, 11) is 0. The van der Waals surface area contributed by atoms with Gasteiger partial charge < -0.3 is 10.6 Å². The van der Waals surface area contributed by atoms with E-state index in [4.69, 9.17) is 0 Å². The zero-order chi connectivity index (χ0) is 22.1. The van der Waals surface area contributed by atoms with Crippen LogP contribution in [0.1, 0.15) is 59.3 Å². The summed E-state index contributed by atoms with van der Waals surface area (Å²) in [4.78, 5) is 26.0. The van der Waals surface area contributed by atoms with Crippen LogP contribution in [-0.2, 0) is 11.2 Å². The highest BCUT2D eigenvalue weighted by Gasteiger charge is 2.32. The average molecular weight is 423 g/mol. The molecular formula is C28H26N2O2. The zero-order valence-corrected chi connectivity index (χ0v) is 18.2. The molecule has 0 bridgehead atoms. The van der Waals surface area contributed by atoms with E-state index in [1.54, 1.807) is 0 Å². The summed E-state index contributed by atoms with van der Waals surface area (Å²) in [6.07, 6.45) is 3.21. The van der Waals surface area contributed by atoms with Crippen molar-refractivity contribution in [3.05, 3.63) is 106 Å². The molecule has 2 N–H and O–H groups in total. The van der Waals surface area contributed by atoms with Gasteiger partial charge in [-0.1, -0.05) is 61.5 Å². The molecule has 0 spiro atoms. The van der Waals surface area contributed by atoms with Gasteiger partial charge in [-0.15, -0.1) is 0 Å². The minimum absolute atomic E-state index is 0.0138. The summed E-state index contributed by atoms with van der Waals surface area (Å²) < 4.78 is 0. The lowest BCUT2D eigenvalue weighted by Crippen LogP contribution is -2.23. The molecule has 1 heterocycles. The molecule has 0 amide bonds. The minimum Gasteiger partial charge on any atom is -0.372 e. The van der Waals surface area contributed by atoms with Crippen molar-refractivity contribution in [3.63, 3.8) is 0 Å². The molecule has 32 heavy (non-hydrogen) atoms. The number of carbonyl (C=O) groups is 2. The Hall–Kier alpha value is -3.66. The monoisotopic (exact) mass is 422 g/mol. The maximum Gasteiger partial charge on any atom is 0.193 e. The Morgan fingerprint density at radius 3 is 2.44 bits per heavy atom. The molecule has 1 atom stereocenters. The van der Waals surface area contributed by atoms with E-state index >= 15 is 0 Å². The van der Waals surface area contributed by atoms with Gasteiger partial charge in [-0.2, -0.15) is 0 Å². The molecule has 0 unspecified atom stereocenters. The number of Topliss-reactive ketones (excluding diaryl/α,β-unsaturated/α-hetero) is 1. The highest BCUT2D eigenvalue weighted by molar-refractivity contribution is 6.10. The molecule has 1 aliphatic carbocycles. The van der Waals surface area contributed by atoms with Crippen molar-refractivity contribution in [2.45, 2.75) is 38.6 Å². The molecule has 1 aliphatic heterocycles. The number of rotatable bonds is 4. The van der Waals surface area contributed by atoms with Crippen molar-refractivity contribution in [1.82, 2.24) is 0 Å². The van der Waals surface area contributed by atoms with Gasteiger partial charge in [0.25, 0.3) is 0 Å². The predicted octanol–water partition coefficient (Wildman–Crippen LogP) is 6.07. The largest absolute Gasteiger partial charge is 0.372 e. The van der Waals surface area contributed by atoms with Crippen LogP contribution in [0.3, 0.4) is 0 Å². The van der Waals surface area contributed by atoms with Gasteiger partial charge in [-0.25, -0.2) is 0 Å². The van der Waals surface area contributed by atoms with E-state index < -0.39 is 0 Å². The third-order valence-electron chi connectivity index (χ3n) is 6.37. The van der Waals surface area contributed by atoms with Crippen LogP contribution in [0.2, 0.25) is 0 Å². The molecule has 2 aliphatic rings. The van der Waals surface area contributed by atoms with Crippen LogP contribution in [0.25, 0.3) is 0 Å². The summed E-state index contributed by atoms with van der Waals surface area (Å²) in [5, 5.41) is 7.10. The smallest absolute Gasteiger partial charge is 0.193 e. The van der Waals surface area contributed by atoms with Crippen molar-refractivity contribution in [1.29, 1.82) is 0 Å². The maximum atomic E-state index is 13.0. The molecule has 0 saturated carbocycles. The zero-order valence-electron chi connectivity index (χ0n) is 18.2. The molecule has 3 aromatic carbocycles. The Morgan fingerprint density at radius 1 is 0.906 bits per heavy atom. The third kappa shape index (κ3) is 3.73. The summed E-state index contributed by atoms with van der Waals surface area (Å²) in [5.41, 5.74) is 7.13. The lowest BCUT2D eigenvalue weighted by Gasteiger charge is -2.25. The van der Waals surface area contributed by atoms with Gasteiger partial charge in [0.1, 0.15) is 0 Å². The number of nitrogens with one attached hydrogen (secondary N) is 2. The Balaban J connectivity index is 1.56. The highest BCUT2D eigenvalue weighted by Crippen LogP contribution is 2.41. The van der Waals surface area contributed by atoms with E-state index in [-0.39, 0.29) is 17.6 Å². The summed E-state index contributed by atoms with van der Waals surface area (Å²) >= 11 is 0. The summed E-state index contributed by atoms with van der Waals surface area (Å²) in [5.74, 6) is 0.171. The van der Waals surface area contributed by atoms with Crippen molar-refractivity contribution >= 4 is 22.9 Å². The second kappa shape index (κ2) is 8.46. The normalized spacial score (nSPS) is 17.5. The second-order valence-electron chi connectivity index (χ2n) is 8.42. The van der Waals surface area contributed by atoms with Gasteiger partial charge in [-0.3, -0.25) is 9.59 Å². The Bertz CT molecular complexity index is 1210. The molecule has 0 saturated heterocycles. The standard InChI is InChI=1S/C28H26N2O2/c1-2-18-11-13-19(14-12-18)27-26-23(9-6-10-25(26)31)29-24-17-21(15-16-22(24)30-27)28(32)20-7-4-3-5-8-20/h3-5,7-8,11-17,27,29-30H,2,6,9-10H2,1H3/t27-/m1/s1. The van der Waals surface area contributed by atoms with Crippen molar-refractivity contribution in [2.24, 2.45) is 0 Å². The number of hydrogen-bond donors (Lipinski definition) is 2. The van der Waals surface area contributed by atoms with E-state index in [9.17, 15) is 9.59 Å². The maximum absolute atomic E-state index is 13.0. The van der Waals surface area contributed by atoms with Gasteiger partial charge in [0.15, 0.2) is 11.6 Å². The lowest BCUT2D eigenvalue weighted by atomic mass is 9.86. The Labute approximate surface area is 188 Å². The first-order valence-electron chi connectivity index (χ1n) is 11.3.